The lowest BCUT2D eigenvalue weighted by Gasteiger charge is -2.26. The number of hydrogen-bond donors (Lipinski definition) is 1. The van der Waals surface area contributed by atoms with Crippen LogP contribution in [-0.2, 0) is 10.1 Å². The normalized spacial score (nSPS) is 17.7. The average Bonchev–Trinajstić information content (AvgIpc) is 2.89. The molecule has 3 heteroatoms. The van der Waals surface area contributed by atoms with Crippen LogP contribution in [-0.4, -0.2) is 5.91 Å². The van der Waals surface area contributed by atoms with E-state index < -0.39 is 0 Å². The van der Waals surface area contributed by atoms with Gasteiger partial charge in [0.1, 0.15) is 0 Å². The Labute approximate surface area is 117 Å². The minimum Gasteiger partial charge on any atom is -0.325 e. The predicted octanol–water partition coefficient (Wildman–Crippen LogP) is 4.49. The number of anilines is 1. The van der Waals surface area contributed by atoms with Crippen LogP contribution in [0.15, 0.2) is 24.3 Å². The summed E-state index contributed by atoms with van der Waals surface area (Å²) < 4.78 is 0. The fraction of sp³-hybridized carbons (Fsp3) is 0.533. The molecule has 1 aromatic carbocycles. The Morgan fingerprint density at radius 2 is 2.00 bits per heavy atom. The molecule has 1 saturated carbocycles. The monoisotopic (exact) mass is 309 g/mol. The summed E-state index contributed by atoms with van der Waals surface area (Å²) in [6, 6.07) is 7.98. The molecule has 0 unspecified atom stereocenters. The van der Waals surface area contributed by atoms with E-state index >= 15 is 0 Å². The fourth-order valence-electron chi connectivity index (χ4n) is 2.81. The summed E-state index contributed by atoms with van der Waals surface area (Å²) in [7, 11) is 0. The summed E-state index contributed by atoms with van der Waals surface area (Å²) in [5.41, 5.74) is 1.95. The molecule has 0 atom stereocenters. The van der Waals surface area contributed by atoms with Gasteiger partial charge >= 0.3 is 0 Å². The lowest BCUT2D eigenvalue weighted by atomic mass is 9.82. The number of carbonyl (C=O) groups is 1. The van der Waals surface area contributed by atoms with Crippen molar-refractivity contribution in [2.24, 2.45) is 5.41 Å². The molecular weight excluding hydrogens is 290 g/mol. The molecule has 0 bridgehead atoms. The number of nitrogens with one attached hydrogen (secondary N) is 1. The smallest absolute Gasteiger partial charge is 0.230 e. The van der Waals surface area contributed by atoms with E-state index in [4.69, 9.17) is 0 Å². The van der Waals surface area contributed by atoms with Crippen LogP contribution in [0, 0.1) is 5.41 Å². The number of rotatable bonds is 4. The van der Waals surface area contributed by atoms with E-state index in [1.54, 1.807) is 0 Å². The van der Waals surface area contributed by atoms with Gasteiger partial charge in [-0.25, -0.2) is 0 Å². The van der Waals surface area contributed by atoms with Gasteiger partial charge in [-0.1, -0.05) is 53.9 Å². The molecule has 98 valence electrons. The minimum absolute atomic E-state index is 0.126. The molecule has 0 spiro atoms. The van der Waals surface area contributed by atoms with Gasteiger partial charge in [-0.15, -0.1) is 0 Å². The second-order valence-electron chi connectivity index (χ2n) is 5.09. The Morgan fingerprint density at radius 1 is 1.33 bits per heavy atom. The van der Waals surface area contributed by atoms with Gasteiger partial charge in [0.2, 0.25) is 5.91 Å². The highest BCUT2D eigenvalue weighted by Crippen LogP contribution is 2.42. The number of alkyl halides is 1. The Hall–Kier alpha value is -0.830. The summed E-state index contributed by atoms with van der Waals surface area (Å²) in [5, 5.41) is 3.89. The number of halogens is 1. The van der Waals surface area contributed by atoms with Crippen LogP contribution in [0.25, 0.3) is 0 Å². The SMILES string of the molecule is CCC1(C(=O)Nc2ccccc2CBr)CCCC1. The highest BCUT2D eigenvalue weighted by molar-refractivity contribution is 9.08. The molecule has 2 nitrogen and oxygen atoms in total. The molecule has 0 radical (unpaired) electrons. The van der Waals surface area contributed by atoms with Crippen molar-refractivity contribution in [3.8, 4) is 0 Å². The molecule has 1 fully saturated rings. The van der Waals surface area contributed by atoms with Crippen molar-refractivity contribution in [3.63, 3.8) is 0 Å². The predicted molar refractivity (Wildman–Crippen MR) is 78.9 cm³/mol. The van der Waals surface area contributed by atoms with Gasteiger partial charge in [-0.2, -0.15) is 0 Å². The first-order valence-electron chi connectivity index (χ1n) is 6.67. The number of carbonyl (C=O) groups excluding carboxylic acids is 1. The van der Waals surface area contributed by atoms with Crippen LogP contribution in [0.5, 0.6) is 0 Å². The van der Waals surface area contributed by atoms with Gasteiger partial charge in [-0.05, 0) is 30.9 Å². The number of hydrogen-bond acceptors (Lipinski definition) is 1. The minimum atomic E-state index is -0.126. The Morgan fingerprint density at radius 3 is 2.61 bits per heavy atom. The third kappa shape index (κ3) is 2.61. The second kappa shape index (κ2) is 5.87. The zero-order chi connectivity index (χ0) is 13.0. The number of benzene rings is 1. The summed E-state index contributed by atoms with van der Waals surface area (Å²) >= 11 is 3.46. The maximum absolute atomic E-state index is 12.5. The van der Waals surface area contributed by atoms with Crippen molar-refractivity contribution >= 4 is 27.5 Å². The van der Waals surface area contributed by atoms with Crippen LogP contribution >= 0.6 is 15.9 Å². The molecule has 0 aliphatic heterocycles. The van der Waals surface area contributed by atoms with E-state index in [1.807, 2.05) is 24.3 Å². The van der Waals surface area contributed by atoms with Crippen molar-refractivity contribution in [3.05, 3.63) is 29.8 Å². The molecule has 18 heavy (non-hydrogen) atoms. The first-order chi connectivity index (χ1) is 8.72. The Balaban J connectivity index is 2.15. The van der Waals surface area contributed by atoms with E-state index in [9.17, 15) is 4.79 Å². The van der Waals surface area contributed by atoms with Gasteiger partial charge in [0.25, 0.3) is 0 Å². The van der Waals surface area contributed by atoms with Crippen LogP contribution in [0.3, 0.4) is 0 Å². The fourth-order valence-corrected chi connectivity index (χ4v) is 3.30. The highest BCUT2D eigenvalue weighted by Gasteiger charge is 2.39. The average molecular weight is 310 g/mol. The van der Waals surface area contributed by atoms with Crippen LogP contribution in [0.1, 0.15) is 44.6 Å². The molecule has 1 aromatic rings. The standard InChI is InChI=1S/C15H20BrNO/c1-2-15(9-5-6-10-15)14(18)17-13-8-4-3-7-12(13)11-16/h3-4,7-8H,2,5-6,9-11H2,1H3,(H,17,18). The van der Waals surface area contributed by atoms with E-state index in [0.717, 1.165) is 35.8 Å². The number of amides is 1. The van der Waals surface area contributed by atoms with Crippen molar-refractivity contribution in [1.82, 2.24) is 0 Å². The van der Waals surface area contributed by atoms with E-state index in [0.29, 0.717) is 0 Å². The third-order valence-corrected chi connectivity index (χ3v) is 4.73. The molecule has 1 aliphatic rings. The second-order valence-corrected chi connectivity index (χ2v) is 5.65. The van der Waals surface area contributed by atoms with Crippen molar-refractivity contribution < 1.29 is 4.79 Å². The lowest BCUT2D eigenvalue weighted by Crippen LogP contribution is -2.33. The third-order valence-electron chi connectivity index (χ3n) is 4.13. The number of para-hydroxylation sites is 1. The van der Waals surface area contributed by atoms with Crippen molar-refractivity contribution in [1.29, 1.82) is 0 Å². The summed E-state index contributed by atoms with van der Waals surface area (Å²) in [5.74, 6) is 0.205. The summed E-state index contributed by atoms with van der Waals surface area (Å²) in [6.07, 6.45) is 5.37. The maximum atomic E-state index is 12.5. The van der Waals surface area contributed by atoms with Crippen LogP contribution in [0.4, 0.5) is 5.69 Å². The maximum Gasteiger partial charge on any atom is 0.230 e. The first-order valence-corrected chi connectivity index (χ1v) is 7.79. The summed E-state index contributed by atoms with van der Waals surface area (Å²) in [4.78, 5) is 12.5. The topological polar surface area (TPSA) is 29.1 Å². The van der Waals surface area contributed by atoms with Crippen molar-refractivity contribution in [2.75, 3.05) is 5.32 Å². The van der Waals surface area contributed by atoms with Gasteiger partial charge < -0.3 is 5.32 Å². The Kier molecular flexibility index (Phi) is 4.44. The largest absolute Gasteiger partial charge is 0.325 e. The lowest BCUT2D eigenvalue weighted by molar-refractivity contribution is -0.125. The van der Waals surface area contributed by atoms with E-state index in [1.165, 1.54) is 12.8 Å². The molecule has 1 amide bonds. The molecule has 1 aliphatic carbocycles. The van der Waals surface area contributed by atoms with E-state index in [-0.39, 0.29) is 11.3 Å². The summed E-state index contributed by atoms with van der Waals surface area (Å²) in [6.45, 7) is 2.13. The molecule has 0 saturated heterocycles. The van der Waals surface area contributed by atoms with Gasteiger partial charge in [-0.3, -0.25) is 4.79 Å². The van der Waals surface area contributed by atoms with Gasteiger partial charge in [0.15, 0.2) is 0 Å². The molecule has 1 N–H and O–H groups in total. The van der Waals surface area contributed by atoms with E-state index in [2.05, 4.69) is 28.2 Å². The highest BCUT2D eigenvalue weighted by atomic mass is 79.9. The van der Waals surface area contributed by atoms with Crippen LogP contribution < -0.4 is 5.32 Å². The molecular formula is C15H20BrNO. The first kappa shape index (κ1) is 13.6. The van der Waals surface area contributed by atoms with Crippen molar-refractivity contribution in [2.45, 2.75) is 44.4 Å². The molecule has 2 rings (SSSR count). The molecule has 0 heterocycles. The quantitative estimate of drug-likeness (QED) is 0.816. The van der Waals surface area contributed by atoms with Crippen LogP contribution in [0.2, 0.25) is 0 Å². The van der Waals surface area contributed by atoms with Gasteiger partial charge in [0, 0.05) is 16.4 Å². The zero-order valence-corrected chi connectivity index (χ0v) is 12.4. The Bertz CT molecular complexity index is 424. The van der Waals surface area contributed by atoms with Gasteiger partial charge in [0.05, 0.1) is 0 Å². The molecule has 0 aromatic heterocycles. The zero-order valence-electron chi connectivity index (χ0n) is 10.8.